The molecule has 0 N–H and O–H groups in total. The molecule has 4 nitrogen and oxygen atoms in total. The molecule has 1 aromatic heterocycles. The number of anilines is 3. The molecule has 12 rings (SSSR count). The van der Waals surface area contributed by atoms with Crippen LogP contribution in [0.4, 0.5) is 17.1 Å². The van der Waals surface area contributed by atoms with Crippen LogP contribution < -0.4 is 30.8 Å². The first-order valence-corrected chi connectivity index (χ1v) is 20.1. The fourth-order valence-electron chi connectivity index (χ4n) is 9.29. The number of nitrogens with zero attached hydrogens (tertiary/aromatic N) is 2. The third-order valence-electron chi connectivity index (χ3n) is 11.9. The van der Waals surface area contributed by atoms with E-state index >= 15 is 0 Å². The predicted octanol–water partition coefficient (Wildman–Crippen LogP) is 12.3. The van der Waals surface area contributed by atoms with E-state index in [1.54, 1.807) is 0 Å². The Balaban J connectivity index is 1.15. The number of benzene rings is 9. The highest BCUT2D eigenvalue weighted by molar-refractivity contribution is 6.98. The topological polar surface area (TPSA) is 26.6 Å². The smallest absolute Gasteiger partial charge is 0.260 e. The molecular formula is C54H35BN2O2. The van der Waals surface area contributed by atoms with Crippen molar-refractivity contribution in [1.82, 2.24) is 4.57 Å². The SMILES string of the molecule is c1ccc(-c2cc(-c3ccccc3)c3c4c2Oc2cc(N(c5ccccc5)c5ccccc5)ccc2B4c2cc4c5ccccc5n(-c5ccccc5)c4cc2O3)cc1. The molecule has 0 saturated carbocycles. The molecule has 0 amide bonds. The summed E-state index contributed by atoms with van der Waals surface area (Å²) in [4.78, 5) is 2.29. The van der Waals surface area contributed by atoms with E-state index in [2.05, 4.69) is 222 Å². The van der Waals surface area contributed by atoms with Gasteiger partial charge in [-0.05, 0) is 76.6 Å². The van der Waals surface area contributed by atoms with Crippen molar-refractivity contribution >= 4 is 62.0 Å². The van der Waals surface area contributed by atoms with Crippen LogP contribution in [-0.2, 0) is 0 Å². The average Bonchev–Trinajstić information content (AvgIpc) is 3.63. The van der Waals surface area contributed by atoms with Crippen molar-refractivity contribution in [3.05, 3.63) is 212 Å². The molecule has 10 aromatic rings. The van der Waals surface area contributed by atoms with Crippen LogP contribution in [0, 0.1) is 0 Å². The summed E-state index contributed by atoms with van der Waals surface area (Å²) in [6.07, 6.45) is 0. The van der Waals surface area contributed by atoms with Gasteiger partial charge in [0.2, 0.25) is 0 Å². The first-order valence-electron chi connectivity index (χ1n) is 20.1. The molecule has 0 fully saturated rings. The van der Waals surface area contributed by atoms with Crippen molar-refractivity contribution in [1.29, 1.82) is 0 Å². The van der Waals surface area contributed by atoms with E-state index in [0.717, 1.165) is 95.4 Å². The number of hydrogen-bond acceptors (Lipinski definition) is 3. The van der Waals surface area contributed by atoms with E-state index in [4.69, 9.17) is 9.47 Å². The molecule has 0 bridgehead atoms. The Morgan fingerprint density at radius 3 is 1.53 bits per heavy atom. The Morgan fingerprint density at radius 1 is 0.390 bits per heavy atom. The Kier molecular flexibility index (Phi) is 7.60. The summed E-state index contributed by atoms with van der Waals surface area (Å²) < 4.78 is 16.9. The summed E-state index contributed by atoms with van der Waals surface area (Å²) in [7, 11) is 0. The second kappa shape index (κ2) is 13.4. The van der Waals surface area contributed by atoms with Gasteiger partial charge in [-0.3, -0.25) is 0 Å². The van der Waals surface area contributed by atoms with Gasteiger partial charge < -0.3 is 18.9 Å². The van der Waals surface area contributed by atoms with Crippen LogP contribution in [-0.4, -0.2) is 11.3 Å². The molecule has 9 aromatic carbocycles. The number of fused-ring (bicyclic) bond motifs is 7. The lowest BCUT2D eigenvalue weighted by Crippen LogP contribution is -2.57. The van der Waals surface area contributed by atoms with Crippen molar-refractivity contribution in [2.24, 2.45) is 0 Å². The number of hydrogen-bond donors (Lipinski definition) is 0. The molecule has 0 spiro atoms. The number of para-hydroxylation sites is 4. The summed E-state index contributed by atoms with van der Waals surface area (Å²) in [5.41, 5.74) is 14.0. The molecule has 2 aliphatic rings. The summed E-state index contributed by atoms with van der Waals surface area (Å²) in [5.74, 6) is 3.32. The highest BCUT2D eigenvalue weighted by Gasteiger charge is 2.43. The Bertz CT molecular complexity index is 3170. The fourth-order valence-corrected chi connectivity index (χ4v) is 9.29. The Morgan fingerprint density at radius 2 is 0.915 bits per heavy atom. The van der Waals surface area contributed by atoms with Crippen molar-refractivity contribution in [2.45, 2.75) is 0 Å². The van der Waals surface area contributed by atoms with Gasteiger partial charge in [0, 0.05) is 62.2 Å². The van der Waals surface area contributed by atoms with Gasteiger partial charge in [0.1, 0.15) is 23.0 Å². The monoisotopic (exact) mass is 754 g/mol. The second-order valence-corrected chi connectivity index (χ2v) is 15.2. The minimum atomic E-state index is -0.169. The van der Waals surface area contributed by atoms with Gasteiger partial charge in [-0.2, -0.15) is 0 Å². The number of ether oxygens (including phenoxy) is 2. The molecule has 3 heterocycles. The van der Waals surface area contributed by atoms with Crippen LogP contribution >= 0.6 is 0 Å². The van der Waals surface area contributed by atoms with E-state index in [0.29, 0.717) is 0 Å². The lowest BCUT2D eigenvalue weighted by molar-refractivity contribution is 0.467. The summed E-state index contributed by atoms with van der Waals surface area (Å²) in [6, 6.07) is 75.2. The third kappa shape index (κ3) is 5.32. The normalized spacial score (nSPS) is 12.3. The van der Waals surface area contributed by atoms with Gasteiger partial charge in [0.05, 0.1) is 11.0 Å². The molecule has 276 valence electrons. The molecular weight excluding hydrogens is 719 g/mol. The highest BCUT2D eigenvalue weighted by atomic mass is 16.5. The molecule has 0 aliphatic carbocycles. The van der Waals surface area contributed by atoms with Gasteiger partial charge in [0.15, 0.2) is 0 Å². The maximum atomic E-state index is 7.29. The van der Waals surface area contributed by atoms with E-state index in [-0.39, 0.29) is 6.71 Å². The summed E-state index contributed by atoms with van der Waals surface area (Å²) in [6.45, 7) is -0.169. The number of rotatable bonds is 6. The van der Waals surface area contributed by atoms with E-state index < -0.39 is 0 Å². The molecule has 0 radical (unpaired) electrons. The van der Waals surface area contributed by atoms with Crippen molar-refractivity contribution < 1.29 is 9.47 Å². The first-order chi connectivity index (χ1) is 29.3. The van der Waals surface area contributed by atoms with Crippen molar-refractivity contribution in [2.75, 3.05) is 4.90 Å². The lowest BCUT2D eigenvalue weighted by atomic mass is 9.34. The lowest BCUT2D eigenvalue weighted by Gasteiger charge is -2.36. The van der Waals surface area contributed by atoms with Gasteiger partial charge >= 0.3 is 0 Å². The predicted molar refractivity (Wildman–Crippen MR) is 244 cm³/mol. The molecule has 0 saturated heterocycles. The van der Waals surface area contributed by atoms with E-state index in [1.165, 1.54) is 10.8 Å². The zero-order valence-electron chi connectivity index (χ0n) is 32.0. The molecule has 0 atom stereocenters. The second-order valence-electron chi connectivity index (χ2n) is 15.2. The van der Waals surface area contributed by atoms with Gasteiger partial charge in [-0.1, -0.05) is 146 Å². The zero-order chi connectivity index (χ0) is 38.9. The van der Waals surface area contributed by atoms with Crippen LogP contribution in [0.25, 0.3) is 49.7 Å². The van der Waals surface area contributed by atoms with Crippen molar-refractivity contribution in [3.8, 4) is 50.9 Å². The van der Waals surface area contributed by atoms with Crippen LogP contribution in [0.5, 0.6) is 23.0 Å². The number of aromatic nitrogens is 1. The third-order valence-corrected chi connectivity index (χ3v) is 11.9. The van der Waals surface area contributed by atoms with Crippen molar-refractivity contribution in [3.63, 3.8) is 0 Å². The quantitative estimate of drug-likeness (QED) is 0.158. The van der Waals surface area contributed by atoms with E-state index in [1.807, 2.05) is 0 Å². The molecule has 59 heavy (non-hydrogen) atoms. The minimum absolute atomic E-state index is 0.169. The Labute approximate surface area is 342 Å². The maximum Gasteiger partial charge on any atom is 0.260 e. The van der Waals surface area contributed by atoms with E-state index in [9.17, 15) is 0 Å². The van der Waals surface area contributed by atoms with Gasteiger partial charge in [0.25, 0.3) is 6.71 Å². The molecule has 5 heteroatoms. The summed E-state index contributed by atoms with van der Waals surface area (Å²) in [5, 5.41) is 2.38. The minimum Gasteiger partial charge on any atom is -0.458 e. The van der Waals surface area contributed by atoms with Gasteiger partial charge in [-0.15, -0.1) is 0 Å². The van der Waals surface area contributed by atoms with Crippen LogP contribution in [0.1, 0.15) is 0 Å². The maximum absolute atomic E-state index is 7.29. The van der Waals surface area contributed by atoms with Crippen LogP contribution in [0.3, 0.4) is 0 Å². The molecule has 2 aliphatic heterocycles. The summed E-state index contributed by atoms with van der Waals surface area (Å²) >= 11 is 0. The highest BCUT2D eigenvalue weighted by Crippen LogP contribution is 2.48. The Hall–Kier alpha value is -7.76. The van der Waals surface area contributed by atoms with Gasteiger partial charge in [-0.25, -0.2) is 0 Å². The first kappa shape index (κ1) is 33.4. The van der Waals surface area contributed by atoms with Crippen LogP contribution in [0.2, 0.25) is 0 Å². The standard InChI is InChI=1S/C54H35BN2O2/c1-6-18-36(19-7-1)43-33-44(37-20-8-2-9-21-37)54-52-53(43)58-50-32-41(56(38-22-10-3-11-23-38)39-24-12-4-13-25-39)30-31-46(50)55(52)47-34-45-42-28-16-17-29-48(42)57(40-26-14-5-15-27-40)49(45)35-51(47)59-54/h1-35H. The average molecular weight is 755 g/mol. The van der Waals surface area contributed by atoms with Crippen LogP contribution in [0.15, 0.2) is 212 Å². The largest absolute Gasteiger partial charge is 0.458 e. The fraction of sp³-hybridized carbons (Fsp3) is 0. The molecule has 0 unspecified atom stereocenters. The zero-order valence-corrected chi connectivity index (χ0v) is 32.0.